The molecule has 0 aromatic carbocycles. The number of aliphatic carboxylic acids is 1. The van der Waals surface area contributed by atoms with Crippen LogP contribution in [0.3, 0.4) is 0 Å². The molecule has 0 bridgehead atoms. The van der Waals surface area contributed by atoms with Crippen LogP contribution in [0.15, 0.2) is 0 Å². The number of carbonyl (C=O) groups is 2. The Balaban J connectivity index is 2.54. The lowest BCUT2D eigenvalue weighted by atomic mass is 9.93. The SMILES string of the molecule is C#CCNC(=O)NC1(CC(=O)O)CCCC1. The Hall–Kier alpha value is -1.70. The van der Waals surface area contributed by atoms with Crippen molar-refractivity contribution < 1.29 is 14.7 Å². The second-order valence-corrected chi connectivity index (χ2v) is 4.07. The lowest BCUT2D eigenvalue weighted by molar-refractivity contribution is -0.138. The van der Waals surface area contributed by atoms with Gasteiger partial charge in [-0.2, -0.15) is 0 Å². The number of amides is 2. The van der Waals surface area contributed by atoms with Crippen LogP contribution in [0.4, 0.5) is 4.79 Å². The Bertz CT molecular complexity index is 314. The van der Waals surface area contributed by atoms with Gasteiger partial charge < -0.3 is 15.7 Å². The largest absolute Gasteiger partial charge is 0.481 e. The van der Waals surface area contributed by atoms with Crippen molar-refractivity contribution in [2.75, 3.05) is 6.54 Å². The predicted molar refractivity (Wildman–Crippen MR) is 58.8 cm³/mol. The van der Waals surface area contributed by atoms with Crippen LogP contribution in [0.1, 0.15) is 32.1 Å². The van der Waals surface area contributed by atoms with Crippen molar-refractivity contribution in [3.05, 3.63) is 0 Å². The van der Waals surface area contributed by atoms with Gasteiger partial charge in [0.15, 0.2) is 0 Å². The minimum Gasteiger partial charge on any atom is -0.481 e. The second-order valence-electron chi connectivity index (χ2n) is 4.07. The zero-order valence-electron chi connectivity index (χ0n) is 9.08. The maximum absolute atomic E-state index is 11.4. The Kier molecular flexibility index (Phi) is 4.18. The number of carboxylic acid groups (broad SMARTS) is 1. The normalized spacial score (nSPS) is 17.4. The zero-order chi connectivity index (χ0) is 12.0. The molecule has 1 fully saturated rings. The van der Waals surface area contributed by atoms with E-state index in [0.29, 0.717) is 12.8 Å². The molecule has 1 saturated carbocycles. The van der Waals surface area contributed by atoms with Crippen LogP contribution >= 0.6 is 0 Å². The lowest BCUT2D eigenvalue weighted by Crippen LogP contribution is -2.51. The van der Waals surface area contributed by atoms with Gasteiger partial charge in [-0.15, -0.1) is 6.42 Å². The molecule has 2 amide bonds. The van der Waals surface area contributed by atoms with E-state index in [1.807, 2.05) is 0 Å². The number of rotatable bonds is 4. The molecule has 0 saturated heterocycles. The molecule has 0 unspecified atom stereocenters. The minimum atomic E-state index is -0.890. The molecule has 0 heterocycles. The van der Waals surface area contributed by atoms with Gasteiger partial charge in [0, 0.05) is 0 Å². The summed E-state index contributed by atoms with van der Waals surface area (Å²) in [7, 11) is 0. The van der Waals surface area contributed by atoms with Gasteiger partial charge >= 0.3 is 12.0 Å². The van der Waals surface area contributed by atoms with Crippen molar-refractivity contribution in [2.24, 2.45) is 0 Å². The minimum absolute atomic E-state index is 0.0313. The highest BCUT2D eigenvalue weighted by molar-refractivity contribution is 5.77. The maximum Gasteiger partial charge on any atom is 0.315 e. The summed E-state index contributed by atoms with van der Waals surface area (Å²) in [6, 6.07) is -0.388. The molecule has 1 aliphatic rings. The van der Waals surface area contributed by atoms with Crippen LogP contribution in [0, 0.1) is 12.3 Å². The molecule has 0 aromatic heterocycles. The molecule has 5 heteroatoms. The van der Waals surface area contributed by atoms with Gasteiger partial charge in [0.25, 0.3) is 0 Å². The summed E-state index contributed by atoms with van der Waals surface area (Å²) in [6.45, 7) is 0.148. The van der Waals surface area contributed by atoms with E-state index < -0.39 is 11.5 Å². The Morgan fingerprint density at radius 2 is 2.00 bits per heavy atom. The molecule has 16 heavy (non-hydrogen) atoms. The number of hydrogen-bond acceptors (Lipinski definition) is 2. The van der Waals surface area contributed by atoms with Crippen molar-refractivity contribution in [3.63, 3.8) is 0 Å². The third kappa shape index (κ3) is 3.46. The molecule has 88 valence electrons. The summed E-state index contributed by atoms with van der Waals surface area (Å²) >= 11 is 0. The first kappa shape index (κ1) is 12.4. The molecule has 0 atom stereocenters. The number of hydrogen-bond donors (Lipinski definition) is 3. The highest BCUT2D eigenvalue weighted by Gasteiger charge is 2.37. The fourth-order valence-corrected chi connectivity index (χ4v) is 2.10. The van der Waals surface area contributed by atoms with Gasteiger partial charge in [0.05, 0.1) is 18.5 Å². The van der Waals surface area contributed by atoms with Gasteiger partial charge in [0.1, 0.15) is 0 Å². The quantitative estimate of drug-likeness (QED) is 0.615. The average Bonchev–Trinajstić information content (AvgIpc) is 2.62. The van der Waals surface area contributed by atoms with Crippen LogP contribution in [0.5, 0.6) is 0 Å². The standard InChI is InChI=1S/C11H16N2O3/c1-2-7-12-10(16)13-11(8-9(14)15)5-3-4-6-11/h1H,3-8H2,(H,14,15)(H2,12,13,16). The number of terminal acetylenes is 1. The first-order valence-corrected chi connectivity index (χ1v) is 5.29. The van der Waals surface area contributed by atoms with Gasteiger partial charge in [-0.3, -0.25) is 4.79 Å². The number of carbonyl (C=O) groups excluding carboxylic acids is 1. The highest BCUT2D eigenvalue weighted by Crippen LogP contribution is 2.32. The molecular formula is C11H16N2O3. The smallest absolute Gasteiger partial charge is 0.315 e. The van der Waals surface area contributed by atoms with Crippen molar-refractivity contribution in [3.8, 4) is 12.3 Å². The van der Waals surface area contributed by atoms with E-state index in [2.05, 4.69) is 16.6 Å². The summed E-state index contributed by atoms with van der Waals surface area (Å²) < 4.78 is 0. The summed E-state index contributed by atoms with van der Waals surface area (Å²) in [5.74, 6) is 1.40. The van der Waals surface area contributed by atoms with Gasteiger partial charge in [-0.05, 0) is 12.8 Å². The summed E-state index contributed by atoms with van der Waals surface area (Å²) in [5.41, 5.74) is -0.593. The molecule has 0 spiro atoms. The summed E-state index contributed by atoms with van der Waals surface area (Å²) in [5, 5.41) is 14.0. The Labute approximate surface area is 94.6 Å². The molecule has 0 radical (unpaired) electrons. The maximum atomic E-state index is 11.4. The first-order valence-electron chi connectivity index (χ1n) is 5.29. The number of nitrogens with one attached hydrogen (secondary N) is 2. The van der Waals surface area contributed by atoms with Gasteiger partial charge in [-0.1, -0.05) is 18.8 Å². The number of urea groups is 1. The lowest BCUT2D eigenvalue weighted by Gasteiger charge is -2.28. The third-order valence-corrected chi connectivity index (χ3v) is 2.78. The van der Waals surface area contributed by atoms with E-state index in [1.54, 1.807) is 0 Å². The van der Waals surface area contributed by atoms with Crippen LogP contribution in [-0.4, -0.2) is 29.2 Å². The zero-order valence-corrected chi connectivity index (χ0v) is 9.08. The fraction of sp³-hybridized carbons (Fsp3) is 0.636. The molecule has 3 N–H and O–H groups in total. The van der Waals surface area contributed by atoms with Crippen molar-refractivity contribution in [1.29, 1.82) is 0 Å². The fourth-order valence-electron chi connectivity index (χ4n) is 2.10. The molecule has 0 aliphatic heterocycles. The molecular weight excluding hydrogens is 208 g/mol. The molecule has 1 rings (SSSR count). The van der Waals surface area contributed by atoms with E-state index in [9.17, 15) is 9.59 Å². The van der Waals surface area contributed by atoms with Crippen molar-refractivity contribution in [1.82, 2.24) is 10.6 Å². The van der Waals surface area contributed by atoms with Crippen molar-refractivity contribution in [2.45, 2.75) is 37.6 Å². The topological polar surface area (TPSA) is 78.4 Å². The molecule has 1 aliphatic carbocycles. The van der Waals surface area contributed by atoms with Crippen LogP contribution < -0.4 is 10.6 Å². The highest BCUT2D eigenvalue weighted by atomic mass is 16.4. The number of carboxylic acids is 1. The van der Waals surface area contributed by atoms with Gasteiger partial charge in [-0.25, -0.2) is 4.79 Å². The Morgan fingerprint density at radius 1 is 1.38 bits per heavy atom. The van der Waals surface area contributed by atoms with E-state index in [-0.39, 0.29) is 19.0 Å². The van der Waals surface area contributed by atoms with Crippen LogP contribution in [-0.2, 0) is 4.79 Å². The predicted octanol–water partition coefficient (Wildman–Crippen LogP) is 0.706. The molecule has 5 nitrogen and oxygen atoms in total. The first-order chi connectivity index (χ1) is 7.58. The third-order valence-electron chi connectivity index (χ3n) is 2.78. The van der Waals surface area contributed by atoms with E-state index in [4.69, 9.17) is 11.5 Å². The van der Waals surface area contributed by atoms with Gasteiger partial charge in [0.2, 0.25) is 0 Å². The average molecular weight is 224 g/mol. The van der Waals surface area contributed by atoms with E-state index >= 15 is 0 Å². The second kappa shape index (κ2) is 5.40. The van der Waals surface area contributed by atoms with Crippen LogP contribution in [0.2, 0.25) is 0 Å². The van der Waals surface area contributed by atoms with E-state index in [1.165, 1.54) is 0 Å². The monoisotopic (exact) mass is 224 g/mol. The molecule has 0 aromatic rings. The Morgan fingerprint density at radius 3 is 2.50 bits per heavy atom. The van der Waals surface area contributed by atoms with Crippen LogP contribution in [0.25, 0.3) is 0 Å². The van der Waals surface area contributed by atoms with Crippen molar-refractivity contribution >= 4 is 12.0 Å². The van der Waals surface area contributed by atoms with E-state index in [0.717, 1.165) is 12.8 Å². The summed E-state index contributed by atoms with van der Waals surface area (Å²) in [4.78, 5) is 22.2. The summed E-state index contributed by atoms with van der Waals surface area (Å²) in [6.07, 6.45) is 8.30.